The average Bonchev–Trinajstić information content (AvgIpc) is 2.69. The van der Waals surface area contributed by atoms with Crippen LogP contribution in [-0.2, 0) is 14.4 Å². The Kier molecular flexibility index (Phi) is 5.25. The van der Waals surface area contributed by atoms with Crippen molar-refractivity contribution in [2.45, 2.75) is 34.1 Å². The monoisotopic (exact) mass is 278 g/mol. The number of allylic oxidation sites excluding steroid dienone is 2. The Hall–Kier alpha value is -1.91. The molecule has 0 atom stereocenters. The molecule has 0 saturated heterocycles. The molecular formula is C15H22N2O3. The fourth-order valence-electron chi connectivity index (χ4n) is 2.05. The third-order valence-electron chi connectivity index (χ3n) is 3.35. The molecule has 0 aromatic heterocycles. The van der Waals surface area contributed by atoms with Crippen LogP contribution in [0.5, 0.6) is 0 Å². The SMILES string of the molecule is C/C=C(\C)CC(C)(C)C(=O)NCCN1C(=O)C=CC1=O. The Morgan fingerprint density at radius 2 is 1.85 bits per heavy atom. The third-order valence-corrected chi connectivity index (χ3v) is 3.35. The van der Waals surface area contributed by atoms with E-state index in [4.69, 9.17) is 0 Å². The van der Waals surface area contributed by atoms with Gasteiger partial charge in [0.1, 0.15) is 0 Å². The summed E-state index contributed by atoms with van der Waals surface area (Å²) in [6, 6.07) is 0. The highest BCUT2D eigenvalue weighted by Gasteiger charge is 2.28. The molecule has 0 saturated carbocycles. The second-order valence-electron chi connectivity index (χ2n) is 5.61. The Balaban J connectivity index is 2.43. The minimum absolute atomic E-state index is 0.0780. The zero-order valence-corrected chi connectivity index (χ0v) is 12.5. The van der Waals surface area contributed by atoms with Crippen molar-refractivity contribution < 1.29 is 14.4 Å². The molecular weight excluding hydrogens is 256 g/mol. The van der Waals surface area contributed by atoms with E-state index in [2.05, 4.69) is 5.32 Å². The number of imide groups is 1. The number of hydrogen-bond acceptors (Lipinski definition) is 3. The maximum atomic E-state index is 12.1. The molecule has 20 heavy (non-hydrogen) atoms. The van der Waals surface area contributed by atoms with Gasteiger partial charge in [0.15, 0.2) is 0 Å². The molecule has 3 amide bonds. The van der Waals surface area contributed by atoms with Crippen LogP contribution in [0.15, 0.2) is 23.8 Å². The van der Waals surface area contributed by atoms with Crippen LogP contribution in [0.25, 0.3) is 0 Å². The standard InChI is InChI=1S/C15H22N2O3/c1-5-11(2)10-15(3,4)14(20)16-8-9-17-12(18)6-7-13(17)19/h5-7H,8-10H2,1-4H3,(H,16,20)/b11-5+. The molecule has 0 fully saturated rings. The largest absolute Gasteiger partial charge is 0.354 e. The molecule has 1 aliphatic heterocycles. The second-order valence-corrected chi connectivity index (χ2v) is 5.61. The Morgan fingerprint density at radius 3 is 2.35 bits per heavy atom. The first kappa shape index (κ1) is 16.1. The third kappa shape index (κ3) is 4.05. The van der Waals surface area contributed by atoms with Gasteiger partial charge in [-0.2, -0.15) is 0 Å². The summed E-state index contributed by atoms with van der Waals surface area (Å²) in [4.78, 5) is 35.9. The summed E-state index contributed by atoms with van der Waals surface area (Å²) in [5.41, 5.74) is 0.646. The predicted molar refractivity (Wildman–Crippen MR) is 76.7 cm³/mol. The molecule has 1 aliphatic rings. The van der Waals surface area contributed by atoms with Crippen molar-refractivity contribution in [2.75, 3.05) is 13.1 Å². The van der Waals surface area contributed by atoms with E-state index in [1.165, 1.54) is 12.2 Å². The van der Waals surface area contributed by atoms with Gasteiger partial charge >= 0.3 is 0 Å². The Labute approximate surface area is 119 Å². The number of nitrogens with one attached hydrogen (secondary N) is 1. The van der Waals surface area contributed by atoms with Crippen LogP contribution in [-0.4, -0.2) is 35.7 Å². The smallest absolute Gasteiger partial charge is 0.253 e. The molecule has 0 aromatic rings. The molecule has 0 aromatic carbocycles. The molecule has 5 nitrogen and oxygen atoms in total. The summed E-state index contributed by atoms with van der Waals surface area (Å²) >= 11 is 0. The summed E-state index contributed by atoms with van der Waals surface area (Å²) in [5, 5.41) is 2.78. The lowest BCUT2D eigenvalue weighted by atomic mass is 9.85. The highest BCUT2D eigenvalue weighted by Crippen LogP contribution is 2.25. The number of hydrogen-bond donors (Lipinski definition) is 1. The molecule has 0 unspecified atom stereocenters. The summed E-state index contributed by atoms with van der Waals surface area (Å²) < 4.78 is 0. The molecule has 0 bridgehead atoms. The van der Waals surface area contributed by atoms with E-state index in [9.17, 15) is 14.4 Å². The van der Waals surface area contributed by atoms with E-state index in [0.29, 0.717) is 6.42 Å². The van der Waals surface area contributed by atoms with E-state index >= 15 is 0 Å². The minimum atomic E-state index is -0.506. The number of rotatable bonds is 6. The fraction of sp³-hybridized carbons (Fsp3) is 0.533. The fourth-order valence-corrected chi connectivity index (χ4v) is 2.05. The van der Waals surface area contributed by atoms with Gasteiger partial charge in [0.05, 0.1) is 0 Å². The molecule has 1 heterocycles. The summed E-state index contributed by atoms with van der Waals surface area (Å²) in [6.45, 7) is 8.17. The Bertz CT molecular complexity index is 458. The van der Waals surface area contributed by atoms with Crippen molar-refractivity contribution >= 4 is 17.7 Å². The van der Waals surface area contributed by atoms with Crippen molar-refractivity contribution in [3.8, 4) is 0 Å². The van der Waals surface area contributed by atoms with Gasteiger partial charge in [-0.25, -0.2) is 0 Å². The first-order valence-electron chi connectivity index (χ1n) is 6.71. The van der Waals surface area contributed by atoms with Gasteiger partial charge in [-0.1, -0.05) is 25.5 Å². The van der Waals surface area contributed by atoms with Crippen LogP contribution in [0.4, 0.5) is 0 Å². The number of carbonyl (C=O) groups excluding carboxylic acids is 3. The zero-order valence-electron chi connectivity index (χ0n) is 12.5. The Morgan fingerprint density at radius 1 is 1.30 bits per heavy atom. The van der Waals surface area contributed by atoms with Gasteiger partial charge in [0.25, 0.3) is 11.8 Å². The maximum Gasteiger partial charge on any atom is 0.253 e. The molecule has 5 heteroatoms. The minimum Gasteiger partial charge on any atom is -0.354 e. The molecule has 110 valence electrons. The van der Waals surface area contributed by atoms with Gasteiger partial charge in [0.2, 0.25) is 5.91 Å². The van der Waals surface area contributed by atoms with Crippen LogP contribution in [0.1, 0.15) is 34.1 Å². The summed E-state index contributed by atoms with van der Waals surface area (Å²) in [7, 11) is 0. The molecule has 1 rings (SSSR count). The van der Waals surface area contributed by atoms with Crippen molar-refractivity contribution in [1.29, 1.82) is 0 Å². The lowest BCUT2D eigenvalue weighted by molar-refractivity contribution is -0.137. The topological polar surface area (TPSA) is 66.5 Å². The molecule has 1 N–H and O–H groups in total. The van der Waals surface area contributed by atoms with Crippen molar-refractivity contribution in [1.82, 2.24) is 10.2 Å². The second kappa shape index (κ2) is 6.50. The van der Waals surface area contributed by atoms with Crippen LogP contribution in [0.3, 0.4) is 0 Å². The van der Waals surface area contributed by atoms with E-state index in [0.717, 1.165) is 10.5 Å². The van der Waals surface area contributed by atoms with E-state index < -0.39 is 5.41 Å². The van der Waals surface area contributed by atoms with Crippen LogP contribution >= 0.6 is 0 Å². The van der Waals surface area contributed by atoms with Crippen molar-refractivity contribution in [2.24, 2.45) is 5.41 Å². The summed E-state index contributed by atoms with van der Waals surface area (Å²) in [6.07, 6.45) is 5.15. The van der Waals surface area contributed by atoms with Gasteiger partial charge in [-0.3, -0.25) is 19.3 Å². The lowest BCUT2D eigenvalue weighted by Gasteiger charge is -2.24. The highest BCUT2D eigenvalue weighted by atomic mass is 16.2. The predicted octanol–water partition coefficient (Wildman–Crippen LogP) is 1.41. The van der Waals surface area contributed by atoms with Crippen LogP contribution in [0.2, 0.25) is 0 Å². The lowest BCUT2D eigenvalue weighted by Crippen LogP contribution is -2.42. The number of amides is 3. The van der Waals surface area contributed by atoms with Crippen LogP contribution < -0.4 is 5.32 Å². The molecule has 0 aliphatic carbocycles. The van der Waals surface area contributed by atoms with Crippen molar-refractivity contribution in [3.63, 3.8) is 0 Å². The normalized spacial score (nSPS) is 16.0. The highest BCUT2D eigenvalue weighted by molar-refractivity contribution is 6.12. The average molecular weight is 278 g/mol. The van der Waals surface area contributed by atoms with Crippen molar-refractivity contribution in [3.05, 3.63) is 23.8 Å². The van der Waals surface area contributed by atoms with Gasteiger partial charge in [-0.15, -0.1) is 0 Å². The van der Waals surface area contributed by atoms with Crippen LogP contribution in [0, 0.1) is 5.41 Å². The van der Waals surface area contributed by atoms with E-state index in [-0.39, 0.29) is 30.8 Å². The molecule has 0 radical (unpaired) electrons. The first-order valence-corrected chi connectivity index (χ1v) is 6.71. The quantitative estimate of drug-likeness (QED) is 0.590. The maximum absolute atomic E-state index is 12.1. The van der Waals surface area contributed by atoms with Gasteiger partial charge < -0.3 is 5.32 Å². The first-order chi connectivity index (χ1) is 9.27. The van der Waals surface area contributed by atoms with Gasteiger partial charge in [-0.05, 0) is 20.3 Å². The van der Waals surface area contributed by atoms with Gasteiger partial charge in [0, 0.05) is 30.7 Å². The number of carbonyl (C=O) groups is 3. The van der Waals surface area contributed by atoms with E-state index in [1.54, 1.807) is 0 Å². The van der Waals surface area contributed by atoms with E-state index in [1.807, 2.05) is 33.8 Å². The summed E-state index contributed by atoms with van der Waals surface area (Å²) in [5.74, 6) is -0.729. The molecule has 0 spiro atoms. The zero-order chi connectivity index (χ0) is 15.3. The number of nitrogens with zero attached hydrogens (tertiary/aromatic N) is 1.